The maximum absolute atomic E-state index is 6.55. The van der Waals surface area contributed by atoms with Crippen molar-refractivity contribution in [1.82, 2.24) is 20.2 Å². The highest BCUT2D eigenvalue weighted by atomic mass is 16.5. The van der Waals surface area contributed by atoms with Gasteiger partial charge in [0.25, 0.3) is 0 Å². The Balaban J connectivity index is 1.14. The van der Waals surface area contributed by atoms with Crippen LogP contribution in [-0.2, 0) is 13.0 Å². The molecule has 198 valence electrons. The van der Waals surface area contributed by atoms with Gasteiger partial charge >= 0.3 is 6.01 Å². The molecular weight excluding hydrogens is 472 g/mol. The molecule has 6 heterocycles. The van der Waals surface area contributed by atoms with Gasteiger partial charge in [0.1, 0.15) is 12.4 Å². The van der Waals surface area contributed by atoms with Crippen molar-refractivity contribution in [2.75, 3.05) is 49.1 Å². The fourth-order valence-electron chi connectivity index (χ4n) is 8.03. The first-order valence-electron chi connectivity index (χ1n) is 14.8. The number of nitrogens with one attached hydrogen (secondary N) is 1. The predicted octanol–water partition coefficient (Wildman–Crippen LogP) is 4.14. The van der Waals surface area contributed by atoms with Crippen LogP contribution in [0.1, 0.15) is 49.8 Å². The second-order valence-corrected chi connectivity index (χ2v) is 12.2. The Kier molecular flexibility index (Phi) is 5.51. The van der Waals surface area contributed by atoms with Crippen molar-refractivity contribution in [2.45, 2.75) is 69.1 Å². The first-order chi connectivity index (χ1) is 18.7. The van der Waals surface area contributed by atoms with E-state index >= 15 is 0 Å². The van der Waals surface area contributed by atoms with Crippen molar-refractivity contribution < 1.29 is 4.74 Å². The lowest BCUT2D eigenvalue weighted by atomic mass is 9.95. The third-order valence-corrected chi connectivity index (χ3v) is 9.93. The van der Waals surface area contributed by atoms with Gasteiger partial charge in [0.05, 0.1) is 17.8 Å². The van der Waals surface area contributed by atoms with Crippen LogP contribution in [0.2, 0.25) is 0 Å². The van der Waals surface area contributed by atoms with Gasteiger partial charge in [-0.05, 0) is 69.5 Å². The van der Waals surface area contributed by atoms with Crippen LogP contribution in [0, 0.1) is 0 Å². The minimum absolute atomic E-state index is 0.197. The van der Waals surface area contributed by atoms with E-state index in [9.17, 15) is 0 Å². The molecule has 4 saturated heterocycles. The number of hydrogen-bond acceptors (Lipinski definition) is 7. The van der Waals surface area contributed by atoms with Crippen LogP contribution in [0.4, 0.5) is 11.5 Å². The molecule has 0 spiro atoms. The molecule has 0 aliphatic carbocycles. The van der Waals surface area contributed by atoms with E-state index in [0.717, 1.165) is 44.1 Å². The average Bonchev–Trinajstić information content (AvgIpc) is 3.64. The van der Waals surface area contributed by atoms with Gasteiger partial charge in [-0.25, -0.2) is 0 Å². The van der Waals surface area contributed by atoms with Crippen molar-refractivity contribution in [3.8, 4) is 6.01 Å². The summed E-state index contributed by atoms with van der Waals surface area (Å²) in [6.45, 7) is 6.98. The van der Waals surface area contributed by atoms with E-state index in [0.29, 0.717) is 24.7 Å². The summed E-state index contributed by atoms with van der Waals surface area (Å²) in [7, 11) is 0. The van der Waals surface area contributed by atoms with Crippen molar-refractivity contribution in [2.24, 2.45) is 0 Å². The average molecular weight is 511 g/mol. The van der Waals surface area contributed by atoms with Gasteiger partial charge in [0, 0.05) is 48.4 Å². The maximum Gasteiger partial charge on any atom is 0.318 e. The van der Waals surface area contributed by atoms with Crippen LogP contribution < -0.4 is 19.9 Å². The molecule has 0 unspecified atom stereocenters. The van der Waals surface area contributed by atoms with E-state index in [-0.39, 0.29) is 5.54 Å². The molecule has 0 amide bonds. The number of ether oxygens (including phenoxy) is 1. The van der Waals surface area contributed by atoms with Gasteiger partial charge < -0.3 is 19.9 Å². The summed E-state index contributed by atoms with van der Waals surface area (Å²) in [4.78, 5) is 18.0. The lowest BCUT2D eigenvalue weighted by Gasteiger charge is -2.38. The number of nitrogens with zero attached hydrogens (tertiary/aromatic N) is 5. The highest BCUT2D eigenvalue weighted by Gasteiger charge is 2.45. The van der Waals surface area contributed by atoms with E-state index < -0.39 is 0 Å². The zero-order valence-corrected chi connectivity index (χ0v) is 22.2. The van der Waals surface area contributed by atoms with Gasteiger partial charge in [0.15, 0.2) is 0 Å². The first kappa shape index (κ1) is 23.0. The Morgan fingerprint density at radius 3 is 2.53 bits per heavy atom. The summed E-state index contributed by atoms with van der Waals surface area (Å²) < 4.78 is 6.55. The Morgan fingerprint density at radius 2 is 1.68 bits per heavy atom. The maximum atomic E-state index is 6.55. The molecule has 2 atom stereocenters. The van der Waals surface area contributed by atoms with Crippen LogP contribution in [0.25, 0.3) is 10.8 Å². The summed E-state index contributed by atoms with van der Waals surface area (Å²) in [5, 5.41) is 6.38. The van der Waals surface area contributed by atoms with Crippen LogP contribution in [0.3, 0.4) is 0 Å². The number of aromatic nitrogens is 2. The summed E-state index contributed by atoms with van der Waals surface area (Å²) in [5.41, 5.74) is 3.96. The molecule has 1 aromatic heterocycles. The molecule has 7 heteroatoms. The zero-order valence-electron chi connectivity index (χ0n) is 22.2. The molecule has 5 aliphatic rings. The molecule has 8 rings (SSSR count). The van der Waals surface area contributed by atoms with E-state index in [2.05, 4.69) is 62.5 Å². The van der Waals surface area contributed by atoms with Crippen molar-refractivity contribution in [1.29, 1.82) is 0 Å². The molecular formula is C31H38N6O. The lowest BCUT2D eigenvalue weighted by Crippen LogP contribution is -2.52. The third-order valence-electron chi connectivity index (χ3n) is 9.93. The molecule has 2 aromatic carbocycles. The molecule has 2 bridgehead atoms. The lowest BCUT2D eigenvalue weighted by molar-refractivity contribution is 0.107. The fraction of sp³-hybridized carbons (Fsp3) is 0.548. The van der Waals surface area contributed by atoms with Gasteiger partial charge in [-0.3, -0.25) is 4.90 Å². The van der Waals surface area contributed by atoms with Crippen LogP contribution >= 0.6 is 0 Å². The number of piperazine rings is 1. The number of rotatable bonds is 5. The Morgan fingerprint density at radius 1 is 0.895 bits per heavy atom. The number of fused-ring (bicyclic) bond motifs is 5. The van der Waals surface area contributed by atoms with Crippen molar-refractivity contribution in [3.63, 3.8) is 0 Å². The Hall–Kier alpha value is -2.90. The normalized spacial score (nSPS) is 26.1. The second-order valence-electron chi connectivity index (χ2n) is 12.2. The molecule has 0 saturated carbocycles. The van der Waals surface area contributed by atoms with E-state index in [1.54, 1.807) is 0 Å². The summed E-state index contributed by atoms with van der Waals surface area (Å²) in [6, 6.07) is 17.1. The van der Waals surface area contributed by atoms with Crippen LogP contribution in [-0.4, -0.2) is 71.8 Å². The molecule has 38 heavy (non-hydrogen) atoms. The minimum atomic E-state index is 0.197. The molecule has 0 radical (unpaired) electrons. The van der Waals surface area contributed by atoms with Crippen LogP contribution in [0.15, 0.2) is 42.5 Å². The molecule has 5 aliphatic heterocycles. The highest BCUT2D eigenvalue weighted by molar-refractivity contribution is 5.94. The van der Waals surface area contributed by atoms with Gasteiger partial charge in [0.2, 0.25) is 0 Å². The van der Waals surface area contributed by atoms with Crippen LogP contribution in [0.5, 0.6) is 6.01 Å². The first-order valence-corrected chi connectivity index (χ1v) is 14.8. The van der Waals surface area contributed by atoms with Gasteiger partial charge in [-0.1, -0.05) is 36.4 Å². The highest BCUT2D eigenvalue weighted by Crippen LogP contribution is 2.40. The molecule has 3 aromatic rings. The van der Waals surface area contributed by atoms with Crippen molar-refractivity contribution >= 4 is 22.3 Å². The smallest absolute Gasteiger partial charge is 0.318 e. The largest absolute Gasteiger partial charge is 0.461 e. The van der Waals surface area contributed by atoms with E-state index in [1.165, 1.54) is 73.6 Å². The fourth-order valence-corrected chi connectivity index (χ4v) is 8.03. The topological polar surface area (TPSA) is 56.8 Å². The Bertz CT molecular complexity index is 1330. The number of anilines is 2. The third kappa shape index (κ3) is 3.85. The second kappa shape index (κ2) is 9.09. The van der Waals surface area contributed by atoms with Crippen molar-refractivity contribution in [3.05, 3.63) is 53.7 Å². The zero-order chi connectivity index (χ0) is 25.1. The number of hydrogen-bond donors (Lipinski definition) is 1. The van der Waals surface area contributed by atoms with E-state index in [1.807, 2.05) is 0 Å². The molecule has 1 N–H and O–H groups in total. The minimum Gasteiger partial charge on any atom is -0.461 e. The van der Waals surface area contributed by atoms with E-state index in [4.69, 9.17) is 14.7 Å². The monoisotopic (exact) mass is 510 g/mol. The predicted molar refractivity (Wildman–Crippen MR) is 151 cm³/mol. The SMILES string of the molecule is c1ccc2c(N3CCc4c(nc(OCC56CCCN5CCC6)nc4N4C[C@H]5CC[C@@H](C4)N5)C3)cccc2c1. The quantitative estimate of drug-likeness (QED) is 0.554. The number of benzene rings is 2. The standard InChI is InChI=1S/C31H38N6O/c1-2-8-25-22(6-1)7-3-9-28(25)35-17-12-26-27(20-35)33-30(38-21-31-13-4-15-37(31)16-5-14-31)34-29(26)36-18-23-10-11-24(19-36)32-23/h1-3,6-9,23-24,32H,4-5,10-21H2/t23-,24+. The Labute approximate surface area is 225 Å². The van der Waals surface area contributed by atoms with Gasteiger partial charge in [-0.15, -0.1) is 0 Å². The molecule has 4 fully saturated rings. The van der Waals surface area contributed by atoms with Gasteiger partial charge in [-0.2, -0.15) is 9.97 Å². The molecule has 7 nitrogen and oxygen atoms in total. The summed E-state index contributed by atoms with van der Waals surface area (Å²) in [5.74, 6) is 1.13. The summed E-state index contributed by atoms with van der Waals surface area (Å²) >= 11 is 0. The summed E-state index contributed by atoms with van der Waals surface area (Å²) in [6.07, 6.45) is 8.54.